The molecule has 116 valence electrons. The van der Waals surface area contributed by atoms with E-state index in [-0.39, 0.29) is 11.9 Å². The lowest BCUT2D eigenvalue weighted by molar-refractivity contribution is -0.147. The molecule has 0 saturated carbocycles. The van der Waals surface area contributed by atoms with Crippen LogP contribution in [-0.2, 0) is 9.53 Å². The van der Waals surface area contributed by atoms with Crippen LogP contribution in [0.15, 0.2) is 24.3 Å². The molecule has 0 aliphatic carbocycles. The van der Waals surface area contributed by atoms with Gasteiger partial charge in [-0.05, 0) is 37.1 Å². The summed E-state index contributed by atoms with van der Waals surface area (Å²) in [7, 11) is 3.03. The Morgan fingerprint density at radius 3 is 3.00 bits per heavy atom. The first-order valence-corrected chi connectivity index (χ1v) is 7.26. The van der Waals surface area contributed by atoms with E-state index in [1.54, 1.807) is 7.11 Å². The Labute approximate surface area is 125 Å². The van der Waals surface area contributed by atoms with Crippen molar-refractivity contribution < 1.29 is 19.4 Å². The Hall–Kier alpha value is -1.59. The summed E-state index contributed by atoms with van der Waals surface area (Å²) in [6, 6.07) is 7.44. The molecule has 1 aliphatic rings. The van der Waals surface area contributed by atoms with Gasteiger partial charge in [-0.15, -0.1) is 0 Å². The van der Waals surface area contributed by atoms with Gasteiger partial charge in [0, 0.05) is 13.1 Å². The zero-order valence-corrected chi connectivity index (χ0v) is 12.6. The second-order valence-electron chi connectivity index (χ2n) is 5.41. The molecule has 5 heteroatoms. The van der Waals surface area contributed by atoms with Crippen LogP contribution in [0.5, 0.6) is 5.75 Å². The van der Waals surface area contributed by atoms with Crippen molar-refractivity contribution in [1.29, 1.82) is 0 Å². The van der Waals surface area contributed by atoms with E-state index in [1.165, 1.54) is 7.11 Å². The van der Waals surface area contributed by atoms with E-state index in [1.807, 2.05) is 24.3 Å². The zero-order valence-electron chi connectivity index (χ0n) is 12.6. The maximum absolute atomic E-state index is 11.6. The van der Waals surface area contributed by atoms with Crippen LogP contribution in [-0.4, -0.2) is 49.8 Å². The summed E-state index contributed by atoms with van der Waals surface area (Å²) in [5.74, 6) is 0.495. The van der Waals surface area contributed by atoms with Crippen LogP contribution >= 0.6 is 0 Å². The minimum Gasteiger partial charge on any atom is -0.497 e. The van der Waals surface area contributed by atoms with E-state index < -0.39 is 6.10 Å². The molecule has 0 amide bonds. The van der Waals surface area contributed by atoms with Gasteiger partial charge < -0.3 is 14.6 Å². The summed E-state index contributed by atoms with van der Waals surface area (Å²) >= 11 is 0. The van der Waals surface area contributed by atoms with Crippen molar-refractivity contribution in [3.05, 3.63) is 29.8 Å². The molecule has 1 fully saturated rings. The largest absolute Gasteiger partial charge is 0.497 e. The molecule has 2 atom stereocenters. The number of carbonyl (C=O) groups is 1. The van der Waals surface area contributed by atoms with Crippen LogP contribution in [0.25, 0.3) is 0 Å². The highest BCUT2D eigenvalue weighted by molar-refractivity contribution is 5.72. The third kappa shape index (κ3) is 4.19. The topological polar surface area (TPSA) is 59.0 Å². The molecule has 1 heterocycles. The molecule has 2 rings (SSSR count). The van der Waals surface area contributed by atoms with Crippen molar-refractivity contribution in [2.75, 3.05) is 33.9 Å². The molecule has 21 heavy (non-hydrogen) atoms. The maximum Gasteiger partial charge on any atom is 0.309 e. The lowest BCUT2D eigenvalue weighted by atomic mass is 9.97. The molecule has 1 N–H and O–H groups in total. The van der Waals surface area contributed by atoms with E-state index in [0.717, 1.165) is 30.7 Å². The summed E-state index contributed by atoms with van der Waals surface area (Å²) in [6.45, 7) is 2.06. The van der Waals surface area contributed by atoms with Crippen molar-refractivity contribution in [1.82, 2.24) is 4.90 Å². The molecular formula is C16H23NO4. The molecule has 1 aromatic carbocycles. The first-order chi connectivity index (χ1) is 10.1. The van der Waals surface area contributed by atoms with E-state index in [2.05, 4.69) is 4.90 Å². The second kappa shape index (κ2) is 7.43. The summed E-state index contributed by atoms with van der Waals surface area (Å²) < 4.78 is 9.99. The van der Waals surface area contributed by atoms with E-state index >= 15 is 0 Å². The number of piperidine rings is 1. The Morgan fingerprint density at radius 2 is 2.29 bits per heavy atom. The molecule has 0 bridgehead atoms. The van der Waals surface area contributed by atoms with Crippen molar-refractivity contribution in [2.24, 2.45) is 5.92 Å². The van der Waals surface area contributed by atoms with E-state index in [9.17, 15) is 9.90 Å². The van der Waals surface area contributed by atoms with Gasteiger partial charge in [-0.3, -0.25) is 9.69 Å². The normalized spacial score (nSPS) is 20.8. The van der Waals surface area contributed by atoms with Gasteiger partial charge in [-0.25, -0.2) is 0 Å². The maximum atomic E-state index is 11.6. The van der Waals surface area contributed by atoms with Crippen molar-refractivity contribution in [3.8, 4) is 5.75 Å². The van der Waals surface area contributed by atoms with Gasteiger partial charge in [0.1, 0.15) is 5.75 Å². The summed E-state index contributed by atoms with van der Waals surface area (Å²) in [5.41, 5.74) is 0.828. The summed E-state index contributed by atoms with van der Waals surface area (Å²) in [5, 5.41) is 10.4. The van der Waals surface area contributed by atoms with Gasteiger partial charge in [0.2, 0.25) is 0 Å². The molecule has 0 radical (unpaired) electrons. The van der Waals surface area contributed by atoms with Gasteiger partial charge in [0.15, 0.2) is 0 Å². The molecular weight excluding hydrogens is 270 g/mol. The van der Waals surface area contributed by atoms with E-state index in [4.69, 9.17) is 9.47 Å². The fourth-order valence-corrected chi connectivity index (χ4v) is 2.78. The fourth-order valence-electron chi connectivity index (χ4n) is 2.78. The number of benzene rings is 1. The molecule has 2 unspecified atom stereocenters. The molecule has 0 aromatic heterocycles. The standard InChI is InChI=1S/C16H23NO4/c1-20-14-7-3-5-12(9-14)15(18)11-17-8-4-6-13(10-17)16(19)21-2/h3,5,7,9,13,15,18H,4,6,8,10-11H2,1-2H3. The number of β-amino-alcohol motifs (C(OH)–C–C–N with tert-alkyl or cyclic N) is 1. The second-order valence-corrected chi connectivity index (χ2v) is 5.41. The van der Waals surface area contributed by atoms with Gasteiger partial charge >= 0.3 is 5.97 Å². The third-order valence-electron chi connectivity index (χ3n) is 3.95. The number of ether oxygens (including phenoxy) is 2. The minimum atomic E-state index is -0.587. The van der Waals surface area contributed by atoms with Crippen molar-refractivity contribution in [2.45, 2.75) is 18.9 Å². The average Bonchev–Trinajstić information content (AvgIpc) is 2.54. The molecule has 5 nitrogen and oxygen atoms in total. The SMILES string of the molecule is COC(=O)C1CCCN(CC(O)c2cccc(OC)c2)C1. The van der Waals surface area contributed by atoms with Crippen molar-refractivity contribution in [3.63, 3.8) is 0 Å². The number of rotatable bonds is 5. The Kier molecular flexibility index (Phi) is 5.59. The number of esters is 1. The van der Waals surface area contributed by atoms with Gasteiger partial charge in [0.05, 0.1) is 26.2 Å². The first-order valence-electron chi connectivity index (χ1n) is 7.26. The molecule has 1 aromatic rings. The van der Waals surface area contributed by atoms with Gasteiger partial charge in [0.25, 0.3) is 0 Å². The Bertz CT molecular complexity index is 477. The van der Waals surface area contributed by atoms with Crippen LogP contribution in [0.1, 0.15) is 24.5 Å². The summed E-state index contributed by atoms with van der Waals surface area (Å²) in [4.78, 5) is 13.7. The smallest absolute Gasteiger partial charge is 0.309 e. The number of aliphatic hydroxyl groups is 1. The third-order valence-corrected chi connectivity index (χ3v) is 3.95. The van der Waals surface area contributed by atoms with Crippen molar-refractivity contribution >= 4 is 5.97 Å². The Balaban J connectivity index is 1.95. The highest BCUT2D eigenvalue weighted by Crippen LogP contribution is 2.23. The average molecular weight is 293 g/mol. The lowest BCUT2D eigenvalue weighted by Crippen LogP contribution is -2.41. The van der Waals surface area contributed by atoms with Crippen LogP contribution in [0.4, 0.5) is 0 Å². The zero-order chi connectivity index (χ0) is 15.2. The van der Waals surface area contributed by atoms with Gasteiger partial charge in [-0.2, -0.15) is 0 Å². The predicted octanol–water partition coefficient (Wildman–Crippen LogP) is 1.61. The fraction of sp³-hybridized carbons (Fsp3) is 0.562. The number of carbonyl (C=O) groups excluding carboxylic acids is 1. The van der Waals surface area contributed by atoms with Crippen LogP contribution in [0.3, 0.4) is 0 Å². The summed E-state index contributed by atoms with van der Waals surface area (Å²) in [6.07, 6.45) is 1.22. The number of likely N-dealkylation sites (tertiary alicyclic amines) is 1. The molecule has 1 aliphatic heterocycles. The monoisotopic (exact) mass is 293 g/mol. The quantitative estimate of drug-likeness (QED) is 0.836. The van der Waals surface area contributed by atoms with E-state index in [0.29, 0.717) is 13.1 Å². The number of hydrogen-bond donors (Lipinski definition) is 1. The highest BCUT2D eigenvalue weighted by Gasteiger charge is 2.27. The molecule has 1 saturated heterocycles. The first kappa shape index (κ1) is 15.8. The predicted molar refractivity (Wildman–Crippen MR) is 79.1 cm³/mol. The van der Waals surface area contributed by atoms with Gasteiger partial charge in [-0.1, -0.05) is 12.1 Å². The highest BCUT2D eigenvalue weighted by atomic mass is 16.5. The number of hydrogen-bond acceptors (Lipinski definition) is 5. The number of methoxy groups -OCH3 is 2. The lowest BCUT2D eigenvalue weighted by Gasteiger charge is -2.32. The Morgan fingerprint density at radius 1 is 1.48 bits per heavy atom. The van der Waals surface area contributed by atoms with Crippen LogP contribution < -0.4 is 4.74 Å². The van der Waals surface area contributed by atoms with Crippen LogP contribution in [0, 0.1) is 5.92 Å². The number of aliphatic hydroxyl groups excluding tert-OH is 1. The van der Waals surface area contributed by atoms with Crippen LogP contribution in [0.2, 0.25) is 0 Å². The minimum absolute atomic E-state index is 0.0822. The molecule has 0 spiro atoms. The number of nitrogens with zero attached hydrogens (tertiary/aromatic N) is 1.